The molecule has 2 aromatic heterocycles. The minimum atomic E-state index is -1.19. The van der Waals surface area contributed by atoms with E-state index in [0.717, 1.165) is 31.4 Å². The average Bonchev–Trinajstić information content (AvgIpc) is 3.34. The first-order valence-electron chi connectivity index (χ1n) is 13.3. The van der Waals surface area contributed by atoms with Crippen molar-refractivity contribution in [3.05, 3.63) is 71.8 Å². The number of carbonyl (C=O) groups excluding carboxylic acids is 1. The molecule has 10 nitrogen and oxygen atoms in total. The van der Waals surface area contributed by atoms with E-state index in [2.05, 4.69) is 15.1 Å². The number of hydrogen-bond donors (Lipinski definition) is 2. The van der Waals surface area contributed by atoms with Crippen molar-refractivity contribution in [3.63, 3.8) is 0 Å². The van der Waals surface area contributed by atoms with Crippen LogP contribution >= 0.6 is 0 Å². The van der Waals surface area contributed by atoms with Crippen molar-refractivity contribution in [2.24, 2.45) is 5.73 Å². The largest absolute Gasteiger partial charge is 0.454 e. The van der Waals surface area contributed by atoms with Crippen molar-refractivity contribution in [2.75, 3.05) is 12.3 Å². The van der Waals surface area contributed by atoms with Crippen LogP contribution in [0.4, 0.5) is 19.0 Å². The number of ether oxygens (including phenoxy) is 1. The highest BCUT2D eigenvalue weighted by Gasteiger charge is 2.39. The molecule has 214 valence electrons. The molecule has 1 amide bonds. The zero-order chi connectivity index (χ0) is 29.6. The molecule has 3 heterocycles. The Hall–Kier alpha value is -4.96. The maximum absolute atomic E-state index is 15.4. The molecule has 2 fully saturated rings. The van der Waals surface area contributed by atoms with Crippen LogP contribution in [0.2, 0.25) is 0 Å². The molecule has 42 heavy (non-hydrogen) atoms. The standard InChI is InChI=1S/C29H25F3N8O2/c30-20-4-1-5-22(24(20)32)42-18-6-7-19(21(31)11-18)25-23-26(34)36-15-37-27(23)40(38-25)14-17-3-2-10-39(17)28(41)16(13-33)12-29(35)8-9-29/h1,4-7,11-12,15,17H,2-3,8-10,14,35H2,(H2,34,36,37)/t17-/m0/s1. The number of nitriles is 1. The SMILES string of the molecule is N#CC(=CC1(N)CC1)C(=O)N1CCC[C@H]1Cn1nc(-c2ccc(Oc3cccc(F)c3F)cc2F)c2c(N)ncnc21. The van der Waals surface area contributed by atoms with Crippen molar-refractivity contribution in [3.8, 4) is 28.8 Å². The van der Waals surface area contributed by atoms with Gasteiger partial charge in [-0.2, -0.15) is 14.8 Å². The third-order valence-corrected chi connectivity index (χ3v) is 7.53. The van der Waals surface area contributed by atoms with Gasteiger partial charge in [0.25, 0.3) is 5.91 Å². The number of aromatic nitrogens is 4. The number of rotatable bonds is 7. The highest BCUT2D eigenvalue weighted by molar-refractivity contribution is 5.99. The Labute approximate surface area is 238 Å². The van der Waals surface area contributed by atoms with E-state index >= 15 is 4.39 Å². The second-order valence-electron chi connectivity index (χ2n) is 10.5. The molecule has 4 N–H and O–H groups in total. The first-order chi connectivity index (χ1) is 20.2. The van der Waals surface area contributed by atoms with E-state index in [1.54, 1.807) is 15.7 Å². The lowest BCUT2D eigenvalue weighted by atomic mass is 10.1. The lowest BCUT2D eigenvalue weighted by Gasteiger charge is -2.24. The number of likely N-dealkylation sites (tertiary alicyclic amines) is 1. The monoisotopic (exact) mass is 574 g/mol. The molecule has 4 aromatic rings. The summed E-state index contributed by atoms with van der Waals surface area (Å²) >= 11 is 0. The first-order valence-corrected chi connectivity index (χ1v) is 13.3. The molecule has 0 radical (unpaired) electrons. The van der Waals surface area contributed by atoms with E-state index in [-0.39, 0.29) is 46.9 Å². The van der Waals surface area contributed by atoms with Gasteiger partial charge in [-0.3, -0.25) is 4.79 Å². The summed E-state index contributed by atoms with van der Waals surface area (Å²) in [5, 5.41) is 14.6. The summed E-state index contributed by atoms with van der Waals surface area (Å²) in [6.45, 7) is 0.679. The third kappa shape index (κ3) is 5.01. The van der Waals surface area contributed by atoms with E-state index in [1.807, 2.05) is 6.07 Å². The van der Waals surface area contributed by atoms with Crippen LogP contribution in [0.5, 0.6) is 11.5 Å². The highest BCUT2D eigenvalue weighted by atomic mass is 19.2. The van der Waals surface area contributed by atoms with Crippen LogP contribution in [0.3, 0.4) is 0 Å². The number of halogens is 3. The Bertz CT molecular complexity index is 1790. The van der Waals surface area contributed by atoms with Crippen LogP contribution in [0.25, 0.3) is 22.3 Å². The van der Waals surface area contributed by atoms with Gasteiger partial charge in [-0.25, -0.2) is 23.4 Å². The predicted octanol–water partition coefficient (Wildman–Crippen LogP) is 4.22. The number of carbonyl (C=O) groups is 1. The molecule has 6 rings (SSSR count). The maximum atomic E-state index is 15.4. The zero-order valence-corrected chi connectivity index (χ0v) is 22.2. The van der Waals surface area contributed by atoms with E-state index < -0.39 is 28.7 Å². The van der Waals surface area contributed by atoms with Gasteiger partial charge >= 0.3 is 0 Å². The van der Waals surface area contributed by atoms with Crippen molar-refractivity contribution in [2.45, 2.75) is 43.8 Å². The third-order valence-electron chi connectivity index (χ3n) is 7.53. The Morgan fingerprint density at radius 1 is 1.19 bits per heavy atom. The molecule has 1 aliphatic heterocycles. The van der Waals surface area contributed by atoms with Gasteiger partial charge in [0.05, 0.1) is 18.0 Å². The Balaban J connectivity index is 1.31. The van der Waals surface area contributed by atoms with Crippen molar-refractivity contribution >= 4 is 22.8 Å². The lowest BCUT2D eigenvalue weighted by molar-refractivity contribution is -0.127. The van der Waals surface area contributed by atoms with Crippen molar-refractivity contribution in [1.82, 2.24) is 24.6 Å². The van der Waals surface area contributed by atoms with Crippen LogP contribution in [0.1, 0.15) is 25.7 Å². The maximum Gasteiger partial charge on any atom is 0.264 e. The number of hydrogen-bond acceptors (Lipinski definition) is 8. The number of fused-ring (bicyclic) bond motifs is 1. The second kappa shape index (κ2) is 10.5. The van der Waals surface area contributed by atoms with Gasteiger partial charge in [-0.1, -0.05) is 6.07 Å². The second-order valence-corrected chi connectivity index (χ2v) is 10.5. The average molecular weight is 575 g/mol. The number of anilines is 1. The molecule has 13 heteroatoms. The van der Waals surface area contributed by atoms with Gasteiger partial charge in [0.2, 0.25) is 5.82 Å². The lowest BCUT2D eigenvalue weighted by Crippen LogP contribution is -2.39. The molecule has 1 atom stereocenters. The van der Waals surface area contributed by atoms with Gasteiger partial charge in [-0.15, -0.1) is 0 Å². The van der Waals surface area contributed by atoms with Crippen LogP contribution in [0, 0.1) is 28.8 Å². The molecule has 0 bridgehead atoms. The number of amides is 1. The van der Waals surface area contributed by atoms with E-state index in [4.69, 9.17) is 16.2 Å². The number of nitrogen functional groups attached to an aromatic ring is 1. The summed E-state index contributed by atoms with van der Waals surface area (Å²) in [5.41, 5.74) is 12.3. The molecule has 1 saturated heterocycles. The molecule has 1 aliphatic carbocycles. The molecule has 1 saturated carbocycles. The fraction of sp³-hybridized carbons (Fsp3) is 0.276. The Morgan fingerprint density at radius 2 is 2.00 bits per heavy atom. The topological polar surface area (TPSA) is 149 Å². The number of nitrogens with zero attached hydrogens (tertiary/aromatic N) is 6. The number of benzene rings is 2. The minimum absolute atomic E-state index is 0.0157. The summed E-state index contributed by atoms with van der Waals surface area (Å²) in [5.74, 6) is -3.79. The zero-order valence-electron chi connectivity index (χ0n) is 22.2. The highest BCUT2D eigenvalue weighted by Crippen LogP contribution is 2.37. The summed E-state index contributed by atoms with van der Waals surface area (Å²) < 4.78 is 50.0. The number of nitrogens with two attached hydrogens (primary N) is 2. The van der Waals surface area contributed by atoms with Gasteiger partial charge in [0.15, 0.2) is 17.2 Å². The smallest absolute Gasteiger partial charge is 0.264 e. The van der Waals surface area contributed by atoms with Crippen molar-refractivity contribution < 1.29 is 22.7 Å². The molecule has 0 spiro atoms. The van der Waals surface area contributed by atoms with Crippen molar-refractivity contribution in [1.29, 1.82) is 5.26 Å². The minimum Gasteiger partial charge on any atom is -0.454 e. The quantitative estimate of drug-likeness (QED) is 0.246. The van der Waals surface area contributed by atoms with Crippen LogP contribution < -0.4 is 16.2 Å². The Morgan fingerprint density at radius 3 is 2.74 bits per heavy atom. The predicted molar refractivity (Wildman–Crippen MR) is 146 cm³/mol. The van der Waals surface area contributed by atoms with Crippen LogP contribution in [0.15, 0.2) is 54.4 Å². The van der Waals surface area contributed by atoms with Crippen LogP contribution in [-0.2, 0) is 11.3 Å². The molecule has 0 unspecified atom stereocenters. The van der Waals surface area contributed by atoms with Gasteiger partial charge in [0, 0.05) is 23.7 Å². The molecule has 2 aromatic carbocycles. The molecular formula is C29H25F3N8O2. The molecular weight excluding hydrogens is 549 g/mol. The molecule has 2 aliphatic rings. The summed E-state index contributed by atoms with van der Waals surface area (Å²) in [6, 6.07) is 8.94. The van der Waals surface area contributed by atoms with E-state index in [0.29, 0.717) is 24.0 Å². The fourth-order valence-electron chi connectivity index (χ4n) is 5.15. The van der Waals surface area contributed by atoms with E-state index in [9.17, 15) is 18.8 Å². The summed E-state index contributed by atoms with van der Waals surface area (Å²) in [7, 11) is 0. The van der Waals surface area contributed by atoms with Gasteiger partial charge in [0.1, 0.15) is 41.0 Å². The van der Waals surface area contributed by atoms with E-state index in [1.165, 1.54) is 30.6 Å². The fourth-order valence-corrected chi connectivity index (χ4v) is 5.15. The summed E-state index contributed by atoms with van der Waals surface area (Å²) in [4.78, 5) is 23.3. The van der Waals surface area contributed by atoms with Crippen LogP contribution in [-0.4, -0.2) is 48.7 Å². The van der Waals surface area contributed by atoms with Gasteiger partial charge in [-0.05, 0) is 56.0 Å². The Kier molecular flexibility index (Phi) is 6.78. The normalized spacial score (nSPS) is 17.8. The summed E-state index contributed by atoms with van der Waals surface area (Å²) in [6.07, 6.45) is 5.66. The van der Waals surface area contributed by atoms with Gasteiger partial charge < -0.3 is 21.1 Å². The first kappa shape index (κ1) is 27.2.